The molecule has 4 N–H and O–H groups in total. The molecule has 0 saturated carbocycles. The molecule has 7 heteroatoms. The molecule has 0 unspecified atom stereocenters. The number of benzene rings is 3. The summed E-state index contributed by atoms with van der Waals surface area (Å²) < 4.78 is 6.30. The number of ether oxygens (including phenoxy) is 1. The molecular formula is C28H32O5S2. The summed E-state index contributed by atoms with van der Waals surface area (Å²) in [5, 5.41) is 42.9. The Morgan fingerprint density at radius 2 is 1.11 bits per heavy atom. The van der Waals surface area contributed by atoms with E-state index in [1.807, 2.05) is 91.0 Å². The first kappa shape index (κ1) is 26.2. The predicted molar refractivity (Wildman–Crippen MR) is 143 cm³/mol. The summed E-state index contributed by atoms with van der Waals surface area (Å²) >= 11 is 3.13. The van der Waals surface area contributed by atoms with E-state index >= 15 is 0 Å². The van der Waals surface area contributed by atoms with Crippen LogP contribution < -0.4 is 0 Å². The largest absolute Gasteiger partial charge is 0.388 e. The summed E-state index contributed by atoms with van der Waals surface area (Å²) in [6.45, 7) is -0.255. The third-order valence-corrected chi connectivity index (χ3v) is 9.32. The Kier molecular flexibility index (Phi) is 9.30. The van der Waals surface area contributed by atoms with Crippen LogP contribution in [0.4, 0.5) is 0 Å². The Hall–Kier alpha value is -1.84. The molecule has 1 aliphatic heterocycles. The van der Waals surface area contributed by atoms with Crippen LogP contribution in [0.1, 0.15) is 23.1 Å². The molecule has 3 aromatic rings. The first-order valence-corrected chi connectivity index (χ1v) is 13.9. The van der Waals surface area contributed by atoms with E-state index in [0.29, 0.717) is 0 Å². The monoisotopic (exact) mass is 512 g/mol. The van der Waals surface area contributed by atoms with Crippen LogP contribution in [-0.4, -0.2) is 67.5 Å². The SMILES string of the molecule is O[C@@H]([C@H](O)[C@@H](O)C1SCCCS1)[C@H](O)COC(c1ccccc1)(c1ccccc1)c1ccccc1. The summed E-state index contributed by atoms with van der Waals surface area (Å²) in [6, 6.07) is 29.2. The molecule has 5 nitrogen and oxygen atoms in total. The molecule has 0 bridgehead atoms. The number of thioether (sulfide) groups is 2. The highest BCUT2D eigenvalue weighted by molar-refractivity contribution is 8.17. The zero-order valence-electron chi connectivity index (χ0n) is 19.4. The number of rotatable bonds is 10. The Morgan fingerprint density at radius 3 is 1.54 bits per heavy atom. The molecule has 4 rings (SSSR count). The topological polar surface area (TPSA) is 90.2 Å². The molecule has 4 atom stereocenters. The van der Waals surface area contributed by atoms with Crippen molar-refractivity contribution in [3.05, 3.63) is 108 Å². The van der Waals surface area contributed by atoms with Crippen LogP contribution in [0, 0.1) is 0 Å². The van der Waals surface area contributed by atoms with Crippen molar-refractivity contribution in [1.29, 1.82) is 0 Å². The number of hydrogen-bond acceptors (Lipinski definition) is 7. The summed E-state index contributed by atoms with van der Waals surface area (Å²) in [7, 11) is 0. The van der Waals surface area contributed by atoms with Crippen molar-refractivity contribution in [2.45, 2.75) is 41.0 Å². The van der Waals surface area contributed by atoms with Crippen molar-refractivity contribution in [3.8, 4) is 0 Å². The molecular weight excluding hydrogens is 480 g/mol. The van der Waals surface area contributed by atoms with E-state index in [1.165, 1.54) is 0 Å². The Morgan fingerprint density at radius 1 is 0.686 bits per heavy atom. The minimum Gasteiger partial charge on any atom is -0.388 e. The lowest BCUT2D eigenvalue weighted by Crippen LogP contribution is -2.50. The van der Waals surface area contributed by atoms with Gasteiger partial charge in [-0.25, -0.2) is 0 Å². The van der Waals surface area contributed by atoms with Crippen molar-refractivity contribution in [2.24, 2.45) is 0 Å². The minimum absolute atomic E-state index is 0.237. The molecule has 1 aliphatic rings. The standard InChI is InChI=1S/C28H32O5S2/c29-23(24(30)25(31)26(32)27-34-17-10-18-35-27)19-33-28(20-11-4-1-5-12-20,21-13-6-2-7-14-21)22-15-8-3-9-16-22/h1-9,11-16,23-27,29-32H,10,17-19H2/t23-,24-,25+,26-/m1/s1. The van der Waals surface area contributed by atoms with Crippen LogP contribution in [0.3, 0.4) is 0 Å². The lowest BCUT2D eigenvalue weighted by molar-refractivity contribution is -0.131. The maximum Gasteiger partial charge on any atom is 0.143 e. The third kappa shape index (κ3) is 5.94. The molecule has 3 aromatic carbocycles. The summed E-state index contributed by atoms with van der Waals surface area (Å²) in [4.78, 5) is 0. The van der Waals surface area contributed by atoms with E-state index in [9.17, 15) is 20.4 Å². The summed E-state index contributed by atoms with van der Waals surface area (Å²) in [5.74, 6) is 1.80. The van der Waals surface area contributed by atoms with Crippen LogP contribution in [-0.2, 0) is 10.3 Å². The Labute approximate surface area is 215 Å². The molecule has 0 amide bonds. The van der Waals surface area contributed by atoms with Crippen molar-refractivity contribution in [3.63, 3.8) is 0 Å². The maximum absolute atomic E-state index is 10.9. The third-order valence-electron chi connectivity index (χ3n) is 6.24. The fourth-order valence-electron chi connectivity index (χ4n) is 4.37. The zero-order valence-corrected chi connectivity index (χ0v) is 21.0. The van der Waals surface area contributed by atoms with Gasteiger partial charge in [-0.15, -0.1) is 23.5 Å². The van der Waals surface area contributed by atoms with E-state index in [1.54, 1.807) is 23.5 Å². The highest BCUT2D eigenvalue weighted by Gasteiger charge is 2.41. The van der Waals surface area contributed by atoms with Gasteiger partial charge in [0.15, 0.2) is 0 Å². The van der Waals surface area contributed by atoms with Crippen molar-refractivity contribution in [1.82, 2.24) is 0 Å². The van der Waals surface area contributed by atoms with Crippen molar-refractivity contribution in [2.75, 3.05) is 18.1 Å². The normalized spacial score (nSPS) is 18.5. The Balaban J connectivity index is 1.61. The molecule has 1 heterocycles. The van der Waals surface area contributed by atoms with Crippen LogP contribution >= 0.6 is 23.5 Å². The molecule has 0 aliphatic carbocycles. The number of hydrogen-bond donors (Lipinski definition) is 4. The van der Waals surface area contributed by atoms with Gasteiger partial charge in [0.25, 0.3) is 0 Å². The minimum atomic E-state index is -1.56. The van der Waals surface area contributed by atoms with Gasteiger partial charge in [0, 0.05) is 0 Å². The van der Waals surface area contributed by atoms with E-state index < -0.39 is 30.0 Å². The van der Waals surface area contributed by atoms with E-state index in [4.69, 9.17) is 4.74 Å². The summed E-state index contributed by atoms with van der Waals surface area (Å²) in [5.41, 5.74) is 1.56. The van der Waals surface area contributed by atoms with E-state index in [-0.39, 0.29) is 11.2 Å². The second kappa shape index (κ2) is 12.4. The second-order valence-corrected chi connectivity index (χ2v) is 11.4. The molecule has 0 radical (unpaired) electrons. The van der Waals surface area contributed by atoms with Gasteiger partial charge in [0.2, 0.25) is 0 Å². The van der Waals surface area contributed by atoms with Crippen LogP contribution in [0.5, 0.6) is 0 Å². The van der Waals surface area contributed by atoms with Gasteiger partial charge < -0.3 is 25.2 Å². The van der Waals surface area contributed by atoms with Gasteiger partial charge in [0.05, 0.1) is 11.2 Å². The van der Waals surface area contributed by atoms with Crippen LogP contribution in [0.2, 0.25) is 0 Å². The van der Waals surface area contributed by atoms with Crippen molar-refractivity contribution < 1.29 is 25.2 Å². The van der Waals surface area contributed by atoms with Crippen LogP contribution in [0.25, 0.3) is 0 Å². The van der Waals surface area contributed by atoms with Gasteiger partial charge in [-0.05, 0) is 34.6 Å². The maximum atomic E-state index is 10.9. The number of aliphatic hydroxyl groups is 4. The quantitative estimate of drug-likeness (QED) is 0.309. The Bertz CT molecular complexity index is 919. The fraction of sp³-hybridized carbons (Fsp3) is 0.357. The van der Waals surface area contributed by atoms with Crippen molar-refractivity contribution >= 4 is 23.5 Å². The molecule has 0 spiro atoms. The highest BCUT2D eigenvalue weighted by Crippen LogP contribution is 2.41. The average molecular weight is 513 g/mol. The van der Waals surface area contributed by atoms with Gasteiger partial charge in [-0.2, -0.15) is 0 Å². The average Bonchev–Trinajstić information content (AvgIpc) is 2.94. The van der Waals surface area contributed by atoms with Gasteiger partial charge >= 0.3 is 0 Å². The zero-order chi connectivity index (χ0) is 24.7. The van der Waals surface area contributed by atoms with Gasteiger partial charge in [0.1, 0.15) is 30.0 Å². The molecule has 35 heavy (non-hydrogen) atoms. The van der Waals surface area contributed by atoms with E-state index in [0.717, 1.165) is 34.6 Å². The highest BCUT2D eigenvalue weighted by atomic mass is 32.2. The molecule has 0 aromatic heterocycles. The summed E-state index contributed by atoms with van der Waals surface area (Å²) in [6.07, 6.45) is -4.57. The van der Waals surface area contributed by atoms with Gasteiger partial charge in [-0.1, -0.05) is 91.0 Å². The number of aliphatic hydroxyl groups excluding tert-OH is 4. The first-order chi connectivity index (χ1) is 17.0. The molecule has 186 valence electrons. The lowest BCUT2D eigenvalue weighted by Gasteiger charge is -2.38. The van der Waals surface area contributed by atoms with Gasteiger partial charge in [-0.3, -0.25) is 0 Å². The molecule has 1 fully saturated rings. The predicted octanol–water partition coefficient (Wildman–Crippen LogP) is 3.63. The molecule has 1 saturated heterocycles. The first-order valence-electron chi connectivity index (χ1n) is 11.8. The smallest absolute Gasteiger partial charge is 0.143 e. The van der Waals surface area contributed by atoms with E-state index in [2.05, 4.69) is 0 Å². The van der Waals surface area contributed by atoms with Crippen LogP contribution in [0.15, 0.2) is 91.0 Å². The fourth-order valence-corrected chi connectivity index (χ4v) is 7.32. The second-order valence-electron chi connectivity index (χ2n) is 8.59. The lowest BCUT2D eigenvalue weighted by atomic mass is 9.80.